The predicted octanol–water partition coefficient (Wildman–Crippen LogP) is 1.47. The summed E-state index contributed by atoms with van der Waals surface area (Å²) < 4.78 is 14.1. The number of aromatic nitrogens is 4. The van der Waals surface area contributed by atoms with Crippen LogP contribution in [-0.2, 0) is 17.6 Å². The second-order valence-corrected chi connectivity index (χ2v) is 6.18. The summed E-state index contributed by atoms with van der Waals surface area (Å²) in [4.78, 5) is 33.0. The van der Waals surface area contributed by atoms with E-state index in [-0.39, 0.29) is 23.7 Å². The van der Waals surface area contributed by atoms with Crippen LogP contribution in [0.2, 0.25) is 0 Å². The summed E-state index contributed by atoms with van der Waals surface area (Å²) in [6.45, 7) is 3.91. The Morgan fingerprint density at radius 2 is 1.96 bits per heavy atom. The number of rotatable bonds is 6. The fraction of sp³-hybridized carbons (Fsp3) is 0.333. The van der Waals surface area contributed by atoms with Crippen molar-refractivity contribution in [2.24, 2.45) is 0 Å². The molecular weight excluding hydrogens is 337 g/mol. The van der Waals surface area contributed by atoms with E-state index in [0.29, 0.717) is 29.4 Å². The van der Waals surface area contributed by atoms with Crippen molar-refractivity contribution < 1.29 is 9.18 Å². The van der Waals surface area contributed by atoms with Crippen LogP contribution in [0.5, 0.6) is 0 Å². The largest absolute Gasteiger partial charge is 0.356 e. The van der Waals surface area contributed by atoms with Gasteiger partial charge in [0.15, 0.2) is 0 Å². The number of fused-ring (bicyclic) bond motifs is 1. The van der Waals surface area contributed by atoms with Gasteiger partial charge in [0, 0.05) is 12.1 Å². The van der Waals surface area contributed by atoms with Crippen molar-refractivity contribution in [3.05, 3.63) is 63.1 Å². The number of amides is 1. The maximum Gasteiger partial charge on any atom is 0.277 e. The number of hydrogen-bond donors (Lipinski definition) is 2. The van der Waals surface area contributed by atoms with Crippen LogP contribution in [0.15, 0.2) is 29.1 Å². The first-order chi connectivity index (χ1) is 12.4. The standard InChI is InChI=1S/C18H20FN5O2/c1-11-15(17(26)24-18(21-11)22-12(2)23-24)10-16(25)20-9-3-4-13-5-7-14(19)8-6-13/h5-8H,3-4,9-10H2,1-2H3,(H,20,25)(H,21,22,23). The highest BCUT2D eigenvalue weighted by Gasteiger charge is 2.15. The molecule has 0 spiro atoms. The van der Waals surface area contributed by atoms with Crippen LogP contribution in [0.3, 0.4) is 0 Å². The van der Waals surface area contributed by atoms with E-state index >= 15 is 0 Å². The summed E-state index contributed by atoms with van der Waals surface area (Å²) in [6, 6.07) is 6.30. The molecule has 0 saturated heterocycles. The van der Waals surface area contributed by atoms with Crippen molar-refractivity contribution in [1.82, 2.24) is 24.9 Å². The minimum Gasteiger partial charge on any atom is -0.356 e. The second kappa shape index (κ2) is 7.47. The first-order valence-electron chi connectivity index (χ1n) is 8.40. The van der Waals surface area contributed by atoms with Crippen LogP contribution >= 0.6 is 0 Å². The SMILES string of the molecule is Cc1nc2nc(C)c(CC(=O)NCCCc3ccc(F)cc3)c(=O)n2[nH]1. The fourth-order valence-corrected chi connectivity index (χ4v) is 2.76. The van der Waals surface area contributed by atoms with Gasteiger partial charge < -0.3 is 5.32 Å². The van der Waals surface area contributed by atoms with E-state index in [4.69, 9.17) is 0 Å². The van der Waals surface area contributed by atoms with Gasteiger partial charge in [-0.25, -0.2) is 9.37 Å². The topological polar surface area (TPSA) is 92.2 Å². The van der Waals surface area contributed by atoms with E-state index < -0.39 is 0 Å². The third-order valence-corrected chi connectivity index (χ3v) is 4.12. The highest BCUT2D eigenvalue weighted by atomic mass is 19.1. The molecule has 8 heteroatoms. The number of benzene rings is 1. The Balaban J connectivity index is 1.57. The van der Waals surface area contributed by atoms with Gasteiger partial charge in [0.1, 0.15) is 11.6 Å². The van der Waals surface area contributed by atoms with Gasteiger partial charge in [-0.1, -0.05) is 12.1 Å². The molecule has 0 atom stereocenters. The summed E-state index contributed by atoms with van der Waals surface area (Å²) >= 11 is 0. The maximum atomic E-state index is 12.9. The lowest BCUT2D eigenvalue weighted by atomic mass is 10.1. The second-order valence-electron chi connectivity index (χ2n) is 6.18. The zero-order valence-electron chi connectivity index (χ0n) is 14.7. The Morgan fingerprint density at radius 3 is 2.69 bits per heavy atom. The Kier molecular flexibility index (Phi) is 5.11. The third-order valence-electron chi connectivity index (χ3n) is 4.12. The summed E-state index contributed by atoms with van der Waals surface area (Å²) in [7, 11) is 0. The molecule has 3 aromatic rings. The zero-order chi connectivity index (χ0) is 18.7. The lowest BCUT2D eigenvalue weighted by molar-refractivity contribution is -0.120. The van der Waals surface area contributed by atoms with E-state index in [1.807, 2.05) is 0 Å². The average Bonchev–Trinajstić information content (AvgIpc) is 2.97. The number of aryl methyl sites for hydroxylation is 3. The molecule has 2 N–H and O–H groups in total. The van der Waals surface area contributed by atoms with E-state index in [0.717, 1.165) is 18.4 Å². The Labute approximate surface area is 149 Å². The number of hydrogen-bond acceptors (Lipinski definition) is 4. The predicted molar refractivity (Wildman–Crippen MR) is 94.5 cm³/mol. The van der Waals surface area contributed by atoms with Crippen LogP contribution in [0, 0.1) is 19.7 Å². The molecule has 0 radical (unpaired) electrons. The van der Waals surface area contributed by atoms with Crippen molar-refractivity contribution in [2.45, 2.75) is 33.1 Å². The first kappa shape index (κ1) is 17.8. The summed E-state index contributed by atoms with van der Waals surface area (Å²) in [5, 5.41) is 5.62. The molecule has 0 bridgehead atoms. The van der Waals surface area contributed by atoms with E-state index in [1.165, 1.54) is 16.6 Å². The number of nitrogens with zero attached hydrogens (tertiary/aromatic N) is 3. The van der Waals surface area contributed by atoms with Crippen molar-refractivity contribution in [2.75, 3.05) is 6.54 Å². The number of halogens is 1. The Bertz CT molecular complexity index is 991. The molecule has 3 rings (SSSR count). The summed E-state index contributed by atoms with van der Waals surface area (Å²) in [5.41, 5.74) is 1.55. The van der Waals surface area contributed by atoms with Crippen LogP contribution in [0.25, 0.3) is 5.78 Å². The molecule has 0 aliphatic rings. The van der Waals surface area contributed by atoms with Gasteiger partial charge in [-0.05, 0) is 44.4 Å². The highest BCUT2D eigenvalue weighted by molar-refractivity contribution is 5.78. The number of aromatic amines is 1. The maximum absolute atomic E-state index is 12.9. The van der Waals surface area contributed by atoms with Gasteiger partial charge in [0.05, 0.1) is 12.1 Å². The molecule has 26 heavy (non-hydrogen) atoms. The summed E-state index contributed by atoms with van der Waals surface area (Å²) in [5.74, 6) is 0.383. The van der Waals surface area contributed by atoms with Crippen LogP contribution in [-0.4, -0.2) is 32.0 Å². The van der Waals surface area contributed by atoms with Gasteiger partial charge >= 0.3 is 0 Å². The van der Waals surface area contributed by atoms with Crippen LogP contribution < -0.4 is 10.9 Å². The molecule has 1 aromatic carbocycles. The zero-order valence-corrected chi connectivity index (χ0v) is 14.7. The van der Waals surface area contributed by atoms with Crippen molar-refractivity contribution in [1.29, 1.82) is 0 Å². The summed E-state index contributed by atoms with van der Waals surface area (Å²) in [6.07, 6.45) is 1.44. The van der Waals surface area contributed by atoms with E-state index in [2.05, 4.69) is 20.4 Å². The average molecular weight is 357 g/mol. The number of H-pyrrole nitrogens is 1. The fourth-order valence-electron chi connectivity index (χ4n) is 2.76. The Hall–Kier alpha value is -3.03. The normalized spacial score (nSPS) is 11.0. The van der Waals surface area contributed by atoms with Crippen molar-refractivity contribution in [3.8, 4) is 0 Å². The third kappa shape index (κ3) is 3.96. The van der Waals surface area contributed by atoms with E-state index in [1.54, 1.807) is 26.0 Å². The molecule has 0 saturated carbocycles. The monoisotopic (exact) mass is 357 g/mol. The number of carbonyl (C=O) groups is 1. The smallest absolute Gasteiger partial charge is 0.277 e. The number of carbonyl (C=O) groups excluding carboxylic acids is 1. The van der Waals surface area contributed by atoms with Crippen molar-refractivity contribution in [3.63, 3.8) is 0 Å². The minimum absolute atomic E-state index is 0.0325. The minimum atomic E-state index is -0.311. The molecule has 2 aromatic heterocycles. The van der Waals surface area contributed by atoms with Crippen molar-refractivity contribution >= 4 is 11.7 Å². The van der Waals surface area contributed by atoms with Gasteiger partial charge in [0.2, 0.25) is 5.91 Å². The molecule has 0 unspecified atom stereocenters. The molecule has 1 amide bonds. The molecular formula is C18H20FN5O2. The molecule has 0 aliphatic heterocycles. The van der Waals surface area contributed by atoms with Gasteiger partial charge in [-0.15, -0.1) is 0 Å². The highest BCUT2D eigenvalue weighted by Crippen LogP contribution is 2.06. The molecule has 0 fully saturated rings. The molecule has 136 valence electrons. The lowest BCUT2D eigenvalue weighted by Gasteiger charge is -2.07. The molecule has 2 heterocycles. The molecule has 0 aliphatic carbocycles. The lowest BCUT2D eigenvalue weighted by Crippen LogP contribution is -2.31. The first-order valence-corrected chi connectivity index (χ1v) is 8.40. The van der Waals surface area contributed by atoms with Crippen LogP contribution in [0.1, 0.15) is 29.1 Å². The van der Waals surface area contributed by atoms with Gasteiger partial charge in [-0.3, -0.25) is 14.7 Å². The quantitative estimate of drug-likeness (QED) is 0.654. The van der Waals surface area contributed by atoms with Gasteiger partial charge in [0.25, 0.3) is 11.3 Å². The molecule has 7 nitrogen and oxygen atoms in total. The van der Waals surface area contributed by atoms with E-state index in [9.17, 15) is 14.0 Å². The Morgan fingerprint density at radius 1 is 1.23 bits per heavy atom. The number of nitrogens with one attached hydrogen (secondary N) is 2. The van der Waals surface area contributed by atoms with Gasteiger partial charge in [-0.2, -0.15) is 9.50 Å². The van der Waals surface area contributed by atoms with Crippen LogP contribution in [0.4, 0.5) is 4.39 Å².